The maximum absolute atomic E-state index is 13.1. The summed E-state index contributed by atoms with van der Waals surface area (Å²) in [4.78, 5) is 22.1. The molecule has 0 atom stereocenters. The number of amidine groups is 1. The molecule has 2 aromatic carbocycles. The van der Waals surface area contributed by atoms with Gasteiger partial charge in [0.1, 0.15) is 17.3 Å². The van der Waals surface area contributed by atoms with Gasteiger partial charge in [-0.1, -0.05) is 6.07 Å². The van der Waals surface area contributed by atoms with Crippen molar-refractivity contribution in [3.05, 3.63) is 59.4 Å². The lowest BCUT2D eigenvalue weighted by Crippen LogP contribution is -2.36. The number of hydrogen-bond acceptors (Lipinski definition) is 7. The monoisotopic (exact) mass is 416 g/mol. The molecule has 8 heteroatoms. The number of benzene rings is 2. The Balaban J connectivity index is 1.46. The third-order valence-corrected chi connectivity index (χ3v) is 5.10. The summed E-state index contributed by atoms with van der Waals surface area (Å²) in [6.07, 6.45) is 1.73. The fraction of sp³-hybridized carbons (Fsp3) is 0.174. The summed E-state index contributed by atoms with van der Waals surface area (Å²) in [6.45, 7) is 3.89. The zero-order valence-electron chi connectivity index (χ0n) is 17.3. The first kappa shape index (κ1) is 18.9. The molecule has 0 saturated heterocycles. The quantitative estimate of drug-likeness (QED) is 0.649. The Morgan fingerprint density at radius 3 is 2.77 bits per heavy atom. The molecule has 0 bridgehead atoms. The Morgan fingerprint density at radius 1 is 1.10 bits per heavy atom. The maximum Gasteiger partial charge on any atom is 0.296 e. The number of amides is 1. The zero-order valence-corrected chi connectivity index (χ0v) is 17.3. The van der Waals surface area contributed by atoms with Gasteiger partial charge in [-0.05, 0) is 61.9 Å². The SMILES string of the molecule is COc1ccc2nc(C)cc(NN3C(=O)C(=Cc4ccc5c(c4)OCO5)N=C3C)c2c1. The number of ether oxygens (including phenoxy) is 3. The highest BCUT2D eigenvalue weighted by molar-refractivity contribution is 6.14. The van der Waals surface area contributed by atoms with Crippen LogP contribution in [0.2, 0.25) is 0 Å². The van der Waals surface area contributed by atoms with Crippen molar-refractivity contribution in [3.63, 3.8) is 0 Å². The number of carbonyl (C=O) groups is 1. The second-order valence-corrected chi connectivity index (χ2v) is 7.25. The molecule has 2 aliphatic rings. The van der Waals surface area contributed by atoms with Gasteiger partial charge >= 0.3 is 0 Å². The standard InChI is InChI=1S/C23H20N4O4/c1-13-8-19(17-11-16(29-3)5-6-18(17)24-13)26-27-14(2)25-20(23(27)28)9-15-4-7-21-22(10-15)31-12-30-21/h4-11H,12H2,1-3H3,(H,24,26). The first-order valence-corrected chi connectivity index (χ1v) is 9.75. The van der Waals surface area contributed by atoms with Crippen molar-refractivity contribution in [1.29, 1.82) is 0 Å². The topological polar surface area (TPSA) is 85.3 Å². The molecule has 8 nitrogen and oxygen atoms in total. The van der Waals surface area contributed by atoms with Crippen molar-refractivity contribution in [2.75, 3.05) is 19.3 Å². The number of aliphatic imine (C=N–C) groups is 1. The van der Waals surface area contributed by atoms with Crippen molar-refractivity contribution in [2.24, 2.45) is 4.99 Å². The maximum atomic E-state index is 13.1. The number of aryl methyl sites for hydroxylation is 1. The normalized spacial score (nSPS) is 16.2. The van der Waals surface area contributed by atoms with E-state index in [0.29, 0.717) is 28.8 Å². The molecular formula is C23H20N4O4. The van der Waals surface area contributed by atoms with Gasteiger partial charge in [-0.25, -0.2) is 10.0 Å². The van der Waals surface area contributed by atoms with Gasteiger partial charge in [0.05, 0.1) is 18.3 Å². The fourth-order valence-electron chi connectivity index (χ4n) is 3.60. The number of hydrazine groups is 1. The zero-order chi connectivity index (χ0) is 21.5. The Morgan fingerprint density at radius 2 is 1.94 bits per heavy atom. The molecule has 0 radical (unpaired) electrons. The van der Waals surface area contributed by atoms with Crippen LogP contribution in [-0.4, -0.2) is 35.6 Å². The van der Waals surface area contributed by atoms with E-state index in [-0.39, 0.29) is 12.7 Å². The minimum Gasteiger partial charge on any atom is -0.497 e. The van der Waals surface area contributed by atoms with Gasteiger partial charge in [-0.2, -0.15) is 0 Å². The lowest BCUT2D eigenvalue weighted by atomic mass is 10.1. The number of aromatic nitrogens is 1. The number of rotatable bonds is 4. The summed E-state index contributed by atoms with van der Waals surface area (Å²) in [5.74, 6) is 2.35. The molecular weight excluding hydrogens is 396 g/mol. The number of pyridine rings is 1. The van der Waals surface area contributed by atoms with Crippen LogP contribution >= 0.6 is 0 Å². The van der Waals surface area contributed by atoms with E-state index in [1.54, 1.807) is 20.1 Å². The molecule has 0 aliphatic carbocycles. The van der Waals surface area contributed by atoms with E-state index in [0.717, 1.165) is 27.8 Å². The van der Waals surface area contributed by atoms with Crippen molar-refractivity contribution in [2.45, 2.75) is 13.8 Å². The Bertz CT molecular complexity index is 1280. The number of anilines is 1. The van der Waals surface area contributed by atoms with Gasteiger partial charge in [0.15, 0.2) is 11.5 Å². The van der Waals surface area contributed by atoms with Crippen molar-refractivity contribution in [1.82, 2.24) is 9.99 Å². The number of methoxy groups -OCH3 is 1. The average Bonchev–Trinajstić information content (AvgIpc) is 3.33. The van der Waals surface area contributed by atoms with Gasteiger partial charge < -0.3 is 14.2 Å². The molecule has 156 valence electrons. The van der Waals surface area contributed by atoms with E-state index < -0.39 is 0 Å². The molecule has 0 spiro atoms. The second kappa shape index (κ2) is 7.32. The molecule has 5 rings (SSSR count). The van der Waals surface area contributed by atoms with Gasteiger partial charge in [0, 0.05) is 11.1 Å². The van der Waals surface area contributed by atoms with Gasteiger partial charge in [0.25, 0.3) is 5.91 Å². The molecule has 3 aromatic rings. The first-order valence-electron chi connectivity index (χ1n) is 9.75. The molecule has 1 amide bonds. The number of carbonyl (C=O) groups excluding carboxylic acids is 1. The molecule has 3 heterocycles. The first-order chi connectivity index (χ1) is 15.0. The second-order valence-electron chi connectivity index (χ2n) is 7.25. The molecule has 0 saturated carbocycles. The highest BCUT2D eigenvalue weighted by atomic mass is 16.7. The summed E-state index contributed by atoms with van der Waals surface area (Å²) in [7, 11) is 1.61. The Kier molecular flexibility index (Phi) is 4.47. The number of nitrogens with one attached hydrogen (secondary N) is 1. The minimum atomic E-state index is -0.249. The third-order valence-electron chi connectivity index (χ3n) is 5.10. The predicted molar refractivity (Wildman–Crippen MR) is 117 cm³/mol. The summed E-state index contributed by atoms with van der Waals surface area (Å²) in [5, 5.41) is 2.28. The molecule has 1 aromatic heterocycles. The molecule has 2 aliphatic heterocycles. The van der Waals surface area contributed by atoms with Crippen LogP contribution in [0.5, 0.6) is 17.2 Å². The van der Waals surface area contributed by atoms with Crippen LogP contribution in [0.4, 0.5) is 5.69 Å². The highest BCUT2D eigenvalue weighted by Crippen LogP contribution is 2.34. The van der Waals surface area contributed by atoms with Crippen molar-refractivity contribution < 1.29 is 19.0 Å². The van der Waals surface area contributed by atoms with Crippen LogP contribution in [0.1, 0.15) is 18.2 Å². The van der Waals surface area contributed by atoms with Crippen LogP contribution in [0, 0.1) is 6.92 Å². The lowest BCUT2D eigenvalue weighted by Gasteiger charge is -2.20. The summed E-state index contributed by atoms with van der Waals surface area (Å²) >= 11 is 0. The molecule has 31 heavy (non-hydrogen) atoms. The van der Waals surface area contributed by atoms with E-state index in [1.807, 2.05) is 49.4 Å². The Hall–Kier alpha value is -4.07. The van der Waals surface area contributed by atoms with Crippen molar-refractivity contribution in [3.8, 4) is 17.2 Å². The highest BCUT2D eigenvalue weighted by Gasteiger charge is 2.28. The summed E-state index contributed by atoms with van der Waals surface area (Å²) < 4.78 is 16.1. The van der Waals surface area contributed by atoms with Crippen LogP contribution in [-0.2, 0) is 4.79 Å². The average molecular weight is 416 g/mol. The molecule has 0 unspecified atom stereocenters. The van der Waals surface area contributed by atoms with Gasteiger partial charge in [-0.15, -0.1) is 0 Å². The number of nitrogens with zero attached hydrogens (tertiary/aromatic N) is 3. The third kappa shape index (κ3) is 3.42. The number of hydrogen-bond donors (Lipinski definition) is 1. The van der Waals surface area contributed by atoms with Gasteiger partial charge in [-0.3, -0.25) is 15.2 Å². The largest absolute Gasteiger partial charge is 0.497 e. The van der Waals surface area contributed by atoms with E-state index in [4.69, 9.17) is 14.2 Å². The summed E-state index contributed by atoms with van der Waals surface area (Å²) in [6, 6.07) is 13.0. The van der Waals surface area contributed by atoms with E-state index in [1.165, 1.54) is 5.01 Å². The minimum absolute atomic E-state index is 0.202. The van der Waals surface area contributed by atoms with Crippen LogP contribution < -0.4 is 19.6 Å². The van der Waals surface area contributed by atoms with Crippen molar-refractivity contribution >= 4 is 34.4 Å². The fourth-order valence-corrected chi connectivity index (χ4v) is 3.60. The van der Waals surface area contributed by atoms with E-state index >= 15 is 0 Å². The Labute approximate surface area is 178 Å². The van der Waals surface area contributed by atoms with Crippen LogP contribution in [0.25, 0.3) is 17.0 Å². The molecule has 1 N–H and O–H groups in total. The van der Waals surface area contributed by atoms with Gasteiger partial charge in [0.2, 0.25) is 6.79 Å². The molecule has 0 fully saturated rings. The predicted octanol–water partition coefficient (Wildman–Crippen LogP) is 3.91. The lowest BCUT2D eigenvalue weighted by molar-refractivity contribution is -0.121. The summed E-state index contributed by atoms with van der Waals surface area (Å²) in [5.41, 5.74) is 6.72. The number of fused-ring (bicyclic) bond motifs is 2. The van der Waals surface area contributed by atoms with Crippen LogP contribution in [0.15, 0.2) is 53.2 Å². The van der Waals surface area contributed by atoms with E-state index in [2.05, 4.69) is 15.4 Å². The van der Waals surface area contributed by atoms with E-state index in [9.17, 15) is 4.79 Å². The van der Waals surface area contributed by atoms with Crippen LogP contribution in [0.3, 0.4) is 0 Å². The smallest absolute Gasteiger partial charge is 0.296 e.